The van der Waals surface area contributed by atoms with E-state index in [4.69, 9.17) is 0 Å². The van der Waals surface area contributed by atoms with Gasteiger partial charge in [-0.3, -0.25) is 14.3 Å². The standard InChI is InChI=1S/C31H36F3N7O3/c1-4-22-17-41(28-26-25(38(3)30(44)37-28)13-12-21(15-35)36-26)23(5-2)16-40(22)27(29(43)39-14-6-7-24(39)18-42)19-8-10-20(11-9-19)31(32,33)34/h8-13,22-24,27,42H,4-7,14,16-18H2,1-3H3/t22-,23+,24-,27?/m1/s1. The van der Waals surface area contributed by atoms with E-state index in [9.17, 15) is 33.1 Å². The van der Waals surface area contributed by atoms with Crippen molar-refractivity contribution in [2.75, 3.05) is 31.1 Å². The molecule has 2 aromatic heterocycles. The molecular formula is C31H36F3N7O3. The van der Waals surface area contributed by atoms with Crippen LogP contribution >= 0.6 is 0 Å². The highest BCUT2D eigenvalue weighted by Crippen LogP contribution is 2.37. The van der Waals surface area contributed by atoms with Crippen molar-refractivity contribution >= 4 is 22.8 Å². The molecule has 2 fully saturated rings. The zero-order chi connectivity index (χ0) is 31.8. The normalized spacial score (nSPS) is 21.9. The fourth-order valence-electron chi connectivity index (χ4n) is 6.53. The molecule has 0 saturated carbocycles. The number of likely N-dealkylation sites (tertiary alicyclic amines) is 1. The molecule has 2 saturated heterocycles. The number of hydrogen-bond donors (Lipinski definition) is 1. The number of hydrogen-bond acceptors (Lipinski definition) is 8. The molecule has 0 radical (unpaired) electrons. The maximum absolute atomic E-state index is 14.3. The van der Waals surface area contributed by atoms with Gasteiger partial charge in [-0.1, -0.05) is 26.0 Å². The number of aromatic nitrogens is 3. The Kier molecular flexibility index (Phi) is 8.95. The van der Waals surface area contributed by atoms with Crippen molar-refractivity contribution in [3.05, 3.63) is 63.7 Å². The number of halogens is 3. The number of piperazine rings is 1. The van der Waals surface area contributed by atoms with Crippen molar-refractivity contribution in [1.29, 1.82) is 5.26 Å². The first kappa shape index (κ1) is 31.4. The van der Waals surface area contributed by atoms with Gasteiger partial charge in [0.15, 0.2) is 5.82 Å². The average Bonchev–Trinajstić information content (AvgIpc) is 3.51. The first-order valence-corrected chi connectivity index (χ1v) is 14.9. The topological polar surface area (TPSA) is 119 Å². The second kappa shape index (κ2) is 12.5. The summed E-state index contributed by atoms with van der Waals surface area (Å²) in [6, 6.07) is 8.33. The molecule has 1 N–H and O–H groups in total. The van der Waals surface area contributed by atoms with Gasteiger partial charge in [-0.15, -0.1) is 0 Å². The first-order valence-electron chi connectivity index (χ1n) is 14.9. The number of carbonyl (C=O) groups excluding carboxylic acids is 1. The fourth-order valence-corrected chi connectivity index (χ4v) is 6.53. The summed E-state index contributed by atoms with van der Waals surface area (Å²) >= 11 is 0. The van der Waals surface area contributed by atoms with E-state index >= 15 is 0 Å². The van der Waals surface area contributed by atoms with Gasteiger partial charge in [0.1, 0.15) is 23.3 Å². The second-order valence-electron chi connectivity index (χ2n) is 11.5. The van der Waals surface area contributed by atoms with Crippen molar-refractivity contribution in [3.63, 3.8) is 0 Å². The van der Waals surface area contributed by atoms with Crippen LogP contribution in [0.25, 0.3) is 11.0 Å². The molecular weight excluding hydrogens is 575 g/mol. The predicted octanol–water partition coefficient (Wildman–Crippen LogP) is 3.62. The van der Waals surface area contributed by atoms with Crippen molar-refractivity contribution in [3.8, 4) is 6.07 Å². The largest absolute Gasteiger partial charge is 0.416 e. The third-order valence-electron chi connectivity index (χ3n) is 8.99. The van der Waals surface area contributed by atoms with Crippen LogP contribution in [0, 0.1) is 11.3 Å². The lowest BCUT2D eigenvalue weighted by molar-refractivity contribution is -0.140. The number of pyridine rings is 1. The molecule has 1 unspecified atom stereocenters. The van der Waals surface area contributed by atoms with E-state index in [1.807, 2.05) is 24.8 Å². The summed E-state index contributed by atoms with van der Waals surface area (Å²) in [7, 11) is 1.59. The summed E-state index contributed by atoms with van der Waals surface area (Å²) in [5.41, 5.74) is 0.335. The number of anilines is 1. The predicted molar refractivity (Wildman–Crippen MR) is 158 cm³/mol. The van der Waals surface area contributed by atoms with Crippen molar-refractivity contribution in [1.82, 2.24) is 24.3 Å². The van der Waals surface area contributed by atoms with Crippen LogP contribution < -0.4 is 10.6 Å². The first-order chi connectivity index (χ1) is 21.0. The summed E-state index contributed by atoms with van der Waals surface area (Å²) in [6.07, 6.45) is -1.91. The Hall–Kier alpha value is -4.02. The quantitative estimate of drug-likeness (QED) is 0.431. The summed E-state index contributed by atoms with van der Waals surface area (Å²) in [4.78, 5) is 41.8. The number of aliphatic hydroxyl groups excluding tert-OH is 1. The number of aliphatic hydroxyl groups is 1. The summed E-state index contributed by atoms with van der Waals surface area (Å²) in [6.45, 7) is 4.97. The van der Waals surface area contributed by atoms with E-state index in [2.05, 4.69) is 14.9 Å². The number of alkyl halides is 3. The maximum atomic E-state index is 14.3. The number of nitriles is 1. The highest BCUT2D eigenvalue weighted by atomic mass is 19.4. The minimum absolute atomic E-state index is 0.187. The van der Waals surface area contributed by atoms with Crippen molar-refractivity contribution in [2.24, 2.45) is 7.05 Å². The van der Waals surface area contributed by atoms with Gasteiger partial charge >= 0.3 is 11.9 Å². The molecule has 0 spiro atoms. The molecule has 4 heterocycles. The van der Waals surface area contributed by atoms with E-state index in [-0.39, 0.29) is 36.3 Å². The Balaban J connectivity index is 1.58. The van der Waals surface area contributed by atoms with Crippen LogP contribution in [-0.4, -0.2) is 79.7 Å². The van der Waals surface area contributed by atoms with E-state index in [0.717, 1.165) is 18.6 Å². The summed E-state index contributed by atoms with van der Waals surface area (Å²) in [5, 5.41) is 19.5. The highest BCUT2D eigenvalue weighted by molar-refractivity contribution is 5.87. The van der Waals surface area contributed by atoms with Crippen LogP contribution in [0.15, 0.2) is 41.2 Å². The second-order valence-corrected chi connectivity index (χ2v) is 11.5. The zero-order valence-electron chi connectivity index (χ0n) is 25.0. The molecule has 13 heteroatoms. The lowest BCUT2D eigenvalue weighted by atomic mass is 9.94. The maximum Gasteiger partial charge on any atom is 0.416 e. The molecule has 1 amide bonds. The summed E-state index contributed by atoms with van der Waals surface area (Å²) in [5.74, 6) is 0.114. The van der Waals surface area contributed by atoms with Gasteiger partial charge < -0.3 is 14.9 Å². The van der Waals surface area contributed by atoms with Gasteiger partial charge in [-0.2, -0.15) is 23.4 Å². The molecule has 3 aromatic rings. The number of amides is 1. The van der Waals surface area contributed by atoms with Gasteiger partial charge in [-0.05, 0) is 55.5 Å². The number of aryl methyl sites for hydroxylation is 1. The number of rotatable bonds is 7. The van der Waals surface area contributed by atoms with Crippen LogP contribution in [0.2, 0.25) is 0 Å². The van der Waals surface area contributed by atoms with Gasteiger partial charge in [0.25, 0.3) is 0 Å². The van der Waals surface area contributed by atoms with Crippen molar-refractivity contribution in [2.45, 2.75) is 69.9 Å². The van der Waals surface area contributed by atoms with Crippen LogP contribution in [-0.2, 0) is 18.0 Å². The van der Waals surface area contributed by atoms with Gasteiger partial charge in [0, 0.05) is 38.8 Å². The Labute approximate surface area is 253 Å². The van der Waals surface area contributed by atoms with Gasteiger partial charge in [0.2, 0.25) is 5.91 Å². The molecule has 0 bridgehead atoms. The van der Waals surface area contributed by atoms with E-state index in [1.165, 1.54) is 16.7 Å². The van der Waals surface area contributed by atoms with E-state index in [1.54, 1.807) is 24.1 Å². The number of benzene rings is 1. The lowest BCUT2D eigenvalue weighted by Gasteiger charge is -2.50. The lowest BCUT2D eigenvalue weighted by Crippen LogP contribution is -2.61. The van der Waals surface area contributed by atoms with Gasteiger partial charge in [-0.25, -0.2) is 9.78 Å². The Morgan fingerprint density at radius 1 is 1.07 bits per heavy atom. The molecule has 44 heavy (non-hydrogen) atoms. The molecule has 1 aromatic carbocycles. The van der Waals surface area contributed by atoms with E-state index in [0.29, 0.717) is 61.3 Å². The summed E-state index contributed by atoms with van der Waals surface area (Å²) < 4.78 is 41.7. The Morgan fingerprint density at radius 3 is 2.39 bits per heavy atom. The Bertz CT molecular complexity index is 1620. The number of nitrogens with zero attached hydrogens (tertiary/aromatic N) is 7. The van der Waals surface area contributed by atoms with E-state index < -0.39 is 23.5 Å². The van der Waals surface area contributed by atoms with Crippen LogP contribution in [0.5, 0.6) is 0 Å². The third kappa shape index (κ3) is 5.76. The molecule has 10 nitrogen and oxygen atoms in total. The van der Waals surface area contributed by atoms with Crippen molar-refractivity contribution < 1.29 is 23.1 Å². The molecule has 4 atom stereocenters. The van der Waals surface area contributed by atoms with Gasteiger partial charge in [0.05, 0.1) is 23.7 Å². The Morgan fingerprint density at radius 2 is 1.77 bits per heavy atom. The minimum atomic E-state index is -4.51. The van der Waals surface area contributed by atoms with Crippen LogP contribution in [0.4, 0.5) is 19.0 Å². The van der Waals surface area contributed by atoms with Crippen LogP contribution in [0.3, 0.4) is 0 Å². The third-order valence-corrected chi connectivity index (χ3v) is 8.99. The molecule has 234 valence electrons. The fraction of sp³-hybridized carbons (Fsp3) is 0.516. The number of fused-ring (bicyclic) bond motifs is 1. The SMILES string of the molecule is CC[C@H]1CN(C(C(=O)N2CCC[C@@H]2CO)c2ccc(C(F)(F)F)cc2)[C@H](CC)CN1c1nc(=O)n(C)c2ccc(C#N)nc12. The number of carbonyl (C=O) groups is 1. The molecule has 2 aliphatic rings. The van der Waals surface area contributed by atoms with Crippen LogP contribution in [0.1, 0.15) is 62.4 Å². The minimum Gasteiger partial charge on any atom is -0.394 e. The smallest absolute Gasteiger partial charge is 0.394 e. The monoisotopic (exact) mass is 611 g/mol. The molecule has 2 aliphatic heterocycles. The molecule has 0 aliphatic carbocycles. The highest BCUT2D eigenvalue weighted by Gasteiger charge is 2.44. The average molecular weight is 612 g/mol. The zero-order valence-corrected chi connectivity index (χ0v) is 25.0. The molecule has 5 rings (SSSR count).